The van der Waals surface area contributed by atoms with E-state index in [1.807, 2.05) is 62.1 Å². The number of nitrogens with zero attached hydrogens (tertiary/aromatic N) is 2. The molecule has 336 valence electrons. The van der Waals surface area contributed by atoms with Gasteiger partial charge in [-0.3, -0.25) is 9.59 Å². The highest BCUT2D eigenvalue weighted by atomic mass is 32.1. The number of amides is 2. The molecule has 0 radical (unpaired) electrons. The van der Waals surface area contributed by atoms with Crippen molar-refractivity contribution >= 4 is 46.5 Å². The van der Waals surface area contributed by atoms with Crippen LogP contribution in [0.5, 0.6) is 0 Å². The first-order valence-electron chi connectivity index (χ1n) is 23.2. The molecule has 7 rings (SSSR count). The molecule has 4 aliphatic carbocycles. The zero-order chi connectivity index (χ0) is 44.7. The van der Waals surface area contributed by atoms with Gasteiger partial charge in [0.25, 0.3) is 0 Å². The molecule has 4 saturated carbocycles. The molecule has 0 aliphatic heterocycles. The maximum atomic E-state index is 13.8. The quantitative estimate of drug-likeness (QED) is 0.180. The molecule has 0 saturated heterocycles. The first-order valence-corrected chi connectivity index (χ1v) is 24.0. The highest BCUT2D eigenvalue weighted by Gasteiger charge is 2.39. The number of thiophene rings is 1. The van der Waals surface area contributed by atoms with Crippen LogP contribution >= 0.6 is 11.3 Å². The summed E-state index contributed by atoms with van der Waals surface area (Å²) >= 11 is 1.28. The summed E-state index contributed by atoms with van der Waals surface area (Å²) in [4.78, 5) is 56.5. The van der Waals surface area contributed by atoms with Crippen molar-refractivity contribution in [3.05, 3.63) is 58.9 Å². The van der Waals surface area contributed by atoms with E-state index in [1.165, 1.54) is 11.3 Å². The molecular formula is C51H68N2O8S. The van der Waals surface area contributed by atoms with Gasteiger partial charge >= 0.3 is 11.9 Å². The average Bonchev–Trinajstić information content (AvgIpc) is 3.88. The van der Waals surface area contributed by atoms with Gasteiger partial charge in [0.05, 0.1) is 17.5 Å². The minimum absolute atomic E-state index is 0.0114. The van der Waals surface area contributed by atoms with E-state index < -0.39 is 11.9 Å². The van der Waals surface area contributed by atoms with Gasteiger partial charge in [0.15, 0.2) is 5.76 Å². The number of rotatable bonds is 9. The number of benzene rings is 1. The van der Waals surface area contributed by atoms with Crippen molar-refractivity contribution in [2.75, 3.05) is 9.80 Å². The Balaban J connectivity index is 0.000000207. The van der Waals surface area contributed by atoms with E-state index in [-0.39, 0.29) is 63.7 Å². The number of hydrogen-bond donors (Lipinski definition) is 3. The highest BCUT2D eigenvalue weighted by Crippen LogP contribution is 2.43. The van der Waals surface area contributed by atoms with E-state index in [9.17, 15) is 34.5 Å². The van der Waals surface area contributed by atoms with Gasteiger partial charge in [-0.1, -0.05) is 57.0 Å². The first kappa shape index (κ1) is 47.1. The van der Waals surface area contributed by atoms with E-state index in [0.717, 1.165) is 87.5 Å². The standard InChI is InChI=1S/C26H33NO3S.C25H35NO5/c1-17-8-12-20(13-9-17)25(28)27(21-14-10-18(2)11-15-21)22-16-23(31-24(22)26(29)30)19-6-4-3-5-7-19;1-16-5-7-17(8-6-16)23(28)26(18-9-11-19(27)12-10-18)21-15-20(13-14-25(2,3)4)31-22(21)24(29)30/h3-7,16-18,20-21H,8-15H2,1-2H3,(H,29,30);15-19,27H,5-12H2,1-4H3,(H,29,30). The molecule has 0 atom stereocenters. The number of anilines is 2. The predicted octanol–water partition coefficient (Wildman–Crippen LogP) is 11.7. The minimum atomic E-state index is -1.20. The topological polar surface area (TPSA) is 149 Å². The van der Waals surface area contributed by atoms with Gasteiger partial charge in [0.1, 0.15) is 4.88 Å². The number of aliphatic hydroxyl groups excluding tert-OH is 1. The molecule has 2 aromatic heterocycles. The number of carboxylic acids is 2. The summed E-state index contributed by atoms with van der Waals surface area (Å²) in [6, 6.07) is 13.4. The summed E-state index contributed by atoms with van der Waals surface area (Å²) in [5.41, 5.74) is 1.65. The fourth-order valence-corrected chi connectivity index (χ4v) is 10.7. The van der Waals surface area contributed by atoms with Crippen molar-refractivity contribution in [3.63, 3.8) is 0 Å². The normalized spacial score (nSPS) is 26.5. The van der Waals surface area contributed by atoms with Crippen LogP contribution in [0, 0.1) is 46.8 Å². The maximum absolute atomic E-state index is 13.8. The Labute approximate surface area is 372 Å². The number of carboxylic acid groups (broad SMARTS) is 2. The molecule has 3 aromatic rings. The summed E-state index contributed by atoms with van der Waals surface area (Å²) < 4.78 is 5.60. The molecule has 4 aliphatic rings. The van der Waals surface area contributed by atoms with E-state index in [0.29, 0.717) is 54.8 Å². The van der Waals surface area contributed by atoms with Crippen LogP contribution in [0.3, 0.4) is 0 Å². The number of furan rings is 1. The summed E-state index contributed by atoms with van der Waals surface area (Å²) in [7, 11) is 0. The van der Waals surface area contributed by atoms with Crippen molar-refractivity contribution in [1.29, 1.82) is 0 Å². The van der Waals surface area contributed by atoms with Gasteiger partial charge in [0, 0.05) is 40.3 Å². The molecule has 62 heavy (non-hydrogen) atoms. The van der Waals surface area contributed by atoms with Gasteiger partial charge in [0.2, 0.25) is 17.6 Å². The average molecular weight is 869 g/mol. The van der Waals surface area contributed by atoms with Crippen molar-refractivity contribution in [2.24, 2.45) is 35.0 Å². The molecule has 0 bridgehead atoms. The Morgan fingerprint density at radius 3 is 1.58 bits per heavy atom. The molecule has 1 aromatic carbocycles. The van der Waals surface area contributed by atoms with Crippen LogP contribution in [0.4, 0.5) is 11.4 Å². The van der Waals surface area contributed by atoms with Gasteiger partial charge in [-0.05, 0) is 159 Å². The zero-order valence-electron chi connectivity index (χ0n) is 37.7. The van der Waals surface area contributed by atoms with Crippen LogP contribution in [0.25, 0.3) is 10.4 Å². The Bertz CT molecular complexity index is 2060. The monoisotopic (exact) mass is 868 g/mol. The van der Waals surface area contributed by atoms with Crippen LogP contribution in [-0.2, 0) is 9.59 Å². The number of carbonyl (C=O) groups is 4. The Morgan fingerprint density at radius 1 is 0.645 bits per heavy atom. The molecule has 3 N–H and O–H groups in total. The second kappa shape index (κ2) is 20.9. The molecule has 0 spiro atoms. The van der Waals surface area contributed by atoms with E-state index in [4.69, 9.17) is 4.42 Å². The largest absolute Gasteiger partial charge is 0.477 e. The Hall–Kier alpha value is -4.40. The molecule has 10 nitrogen and oxygen atoms in total. The van der Waals surface area contributed by atoms with Crippen molar-refractivity contribution < 1.29 is 38.9 Å². The lowest BCUT2D eigenvalue weighted by molar-refractivity contribution is -0.125. The van der Waals surface area contributed by atoms with Crippen LogP contribution < -0.4 is 9.80 Å². The van der Waals surface area contributed by atoms with Crippen LogP contribution in [-0.4, -0.2) is 57.3 Å². The lowest BCUT2D eigenvalue weighted by atomic mass is 9.81. The Kier molecular flexibility index (Phi) is 15.8. The second-order valence-electron chi connectivity index (χ2n) is 19.8. The smallest absolute Gasteiger partial charge is 0.374 e. The lowest BCUT2D eigenvalue weighted by Gasteiger charge is -2.39. The summed E-state index contributed by atoms with van der Waals surface area (Å²) in [5, 5.41) is 29.8. The van der Waals surface area contributed by atoms with Crippen molar-refractivity contribution in [3.8, 4) is 22.3 Å². The van der Waals surface area contributed by atoms with Crippen LogP contribution in [0.2, 0.25) is 0 Å². The maximum Gasteiger partial charge on any atom is 0.374 e. The van der Waals surface area contributed by atoms with Gasteiger partial charge < -0.3 is 29.5 Å². The third kappa shape index (κ3) is 12.0. The van der Waals surface area contributed by atoms with E-state index in [1.54, 1.807) is 11.0 Å². The van der Waals surface area contributed by atoms with Crippen LogP contribution in [0.1, 0.15) is 170 Å². The second-order valence-corrected chi connectivity index (χ2v) is 20.9. The van der Waals surface area contributed by atoms with E-state index in [2.05, 4.69) is 32.6 Å². The van der Waals surface area contributed by atoms with Crippen molar-refractivity contribution in [1.82, 2.24) is 0 Å². The highest BCUT2D eigenvalue weighted by molar-refractivity contribution is 7.18. The van der Waals surface area contributed by atoms with Gasteiger partial charge in [-0.15, -0.1) is 11.3 Å². The number of aromatic carboxylic acids is 2. The van der Waals surface area contributed by atoms with Gasteiger partial charge in [-0.2, -0.15) is 0 Å². The lowest BCUT2D eigenvalue weighted by Crippen LogP contribution is -2.47. The summed E-state index contributed by atoms with van der Waals surface area (Å²) in [5.74, 6) is 5.86. The third-order valence-corrected chi connectivity index (χ3v) is 14.7. The summed E-state index contributed by atoms with van der Waals surface area (Å²) in [6.45, 7) is 12.6. The Morgan fingerprint density at radius 2 is 1.11 bits per heavy atom. The van der Waals surface area contributed by atoms with Crippen LogP contribution in [0.15, 0.2) is 46.9 Å². The number of aliphatic hydroxyl groups is 1. The fourth-order valence-electron chi connectivity index (χ4n) is 9.70. The first-order chi connectivity index (χ1) is 29.5. The van der Waals surface area contributed by atoms with Crippen molar-refractivity contribution in [2.45, 2.75) is 162 Å². The molecule has 2 amide bonds. The predicted molar refractivity (Wildman–Crippen MR) is 246 cm³/mol. The third-order valence-electron chi connectivity index (χ3n) is 13.5. The summed E-state index contributed by atoms with van der Waals surface area (Å²) in [6.07, 6.45) is 13.9. The number of carbonyl (C=O) groups excluding carboxylic acids is 2. The molecule has 0 unspecified atom stereocenters. The molecule has 11 heteroatoms. The fraction of sp³-hybridized carbons (Fsp3) is 0.608. The molecular weight excluding hydrogens is 801 g/mol. The molecule has 2 heterocycles. The van der Waals surface area contributed by atoms with Gasteiger partial charge in [-0.25, -0.2) is 9.59 Å². The SMILES string of the molecule is CC1CCC(C(=O)N(c2cc(-c3ccccc3)sc2C(=O)O)C2CCC(C)CC2)CC1.CC1CCC(C(=O)N(c2cc(C#CC(C)(C)C)oc2C(=O)O)C2CCC(O)CC2)CC1. The zero-order valence-corrected chi connectivity index (χ0v) is 38.5. The van der Waals surface area contributed by atoms with E-state index >= 15 is 0 Å². The molecule has 4 fully saturated rings. The minimum Gasteiger partial charge on any atom is -0.477 e. The number of hydrogen-bond acceptors (Lipinski definition) is 7.